The van der Waals surface area contributed by atoms with Crippen molar-refractivity contribution in [2.75, 3.05) is 6.54 Å². The molecule has 4 nitrogen and oxygen atoms in total. The summed E-state index contributed by atoms with van der Waals surface area (Å²) in [5.74, 6) is 0.965. The number of aromatic amines is 1. The molecule has 96 valence electrons. The molecule has 0 bridgehead atoms. The molecule has 1 aliphatic rings. The lowest BCUT2D eigenvalue weighted by Crippen LogP contribution is -2.30. The summed E-state index contributed by atoms with van der Waals surface area (Å²) < 4.78 is 0. The van der Waals surface area contributed by atoms with Crippen LogP contribution in [0.4, 0.5) is 0 Å². The Morgan fingerprint density at radius 3 is 3.16 bits per heavy atom. The summed E-state index contributed by atoms with van der Waals surface area (Å²) in [6.45, 7) is 2.99. The fraction of sp³-hybridized carbons (Fsp3) is 0.286. The van der Waals surface area contributed by atoms with Crippen LogP contribution in [0.5, 0.6) is 0 Å². The van der Waals surface area contributed by atoms with E-state index < -0.39 is 0 Å². The number of rotatable bonds is 1. The maximum absolute atomic E-state index is 4.65. The first kappa shape index (κ1) is 11.1. The molecule has 0 saturated carbocycles. The molecule has 1 atom stereocenters. The van der Waals surface area contributed by atoms with Gasteiger partial charge < -0.3 is 10.3 Å². The van der Waals surface area contributed by atoms with Gasteiger partial charge in [-0.15, -0.1) is 11.3 Å². The zero-order valence-electron chi connectivity index (χ0n) is 10.6. The Morgan fingerprint density at radius 2 is 2.21 bits per heavy atom. The monoisotopic (exact) mass is 270 g/mol. The van der Waals surface area contributed by atoms with Crippen molar-refractivity contribution in [1.29, 1.82) is 0 Å². The predicted molar refractivity (Wildman–Crippen MR) is 76.5 cm³/mol. The van der Waals surface area contributed by atoms with Crippen molar-refractivity contribution in [3.63, 3.8) is 0 Å². The van der Waals surface area contributed by atoms with Crippen LogP contribution in [0, 0.1) is 6.92 Å². The van der Waals surface area contributed by atoms with Crippen molar-refractivity contribution < 1.29 is 0 Å². The largest absolute Gasteiger partial charge is 0.339 e. The summed E-state index contributed by atoms with van der Waals surface area (Å²) in [5.41, 5.74) is 4.16. The van der Waals surface area contributed by atoms with Crippen LogP contribution in [0.15, 0.2) is 23.6 Å². The third kappa shape index (κ3) is 1.77. The Hall–Kier alpha value is -1.72. The molecule has 0 amide bonds. The number of hydrogen-bond donors (Lipinski definition) is 2. The Balaban J connectivity index is 1.83. The molecule has 0 spiro atoms. The van der Waals surface area contributed by atoms with E-state index in [1.54, 1.807) is 0 Å². The van der Waals surface area contributed by atoms with Gasteiger partial charge >= 0.3 is 0 Å². The van der Waals surface area contributed by atoms with Gasteiger partial charge in [0.05, 0.1) is 11.6 Å². The number of nitrogens with one attached hydrogen (secondary N) is 2. The molecule has 0 radical (unpaired) electrons. The molecule has 3 aromatic heterocycles. The highest BCUT2D eigenvalue weighted by Crippen LogP contribution is 2.31. The predicted octanol–water partition coefficient (Wildman–Crippen LogP) is 2.56. The van der Waals surface area contributed by atoms with E-state index in [0.717, 1.165) is 35.6 Å². The van der Waals surface area contributed by atoms with Crippen LogP contribution < -0.4 is 5.32 Å². The number of aromatic nitrogens is 3. The highest BCUT2D eigenvalue weighted by atomic mass is 32.1. The van der Waals surface area contributed by atoms with Gasteiger partial charge in [-0.2, -0.15) is 0 Å². The minimum atomic E-state index is 0.171. The van der Waals surface area contributed by atoms with E-state index in [2.05, 4.69) is 31.7 Å². The molecule has 0 aliphatic carbocycles. The molecule has 1 aliphatic heterocycles. The summed E-state index contributed by atoms with van der Waals surface area (Å²) in [4.78, 5) is 14.0. The molecule has 0 aromatic carbocycles. The first-order chi connectivity index (χ1) is 9.31. The average molecular weight is 270 g/mol. The summed E-state index contributed by atoms with van der Waals surface area (Å²) in [6, 6.07) is 6.42. The molecule has 3 aromatic rings. The van der Waals surface area contributed by atoms with Gasteiger partial charge in [0.25, 0.3) is 0 Å². The van der Waals surface area contributed by atoms with Crippen molar-refractivity contribution in [3.05, 3.63) is 45.5 Å². The second-order valence-electron chi connectivity index (χ2n) is 4.88. The van der Waals surface area contributed by atoms with Gasteiger partial charge in [0.1, 0.15) is 5.82 Å². The number of H-pyrrole nitrogens is 1. The van der Waals surface area contributed by atoms with Gasteiger partial charge in [-0.1, -0.05) is 0 Å². The van der Waals surface area contributed by atoms with Gasteiger partial charge in [-0.05, 0) is 42.5 Å². The van der Waals surface area contributed by atoms with Crippen LogP contribution in [0.25, 0.3) is 11.2 Å². The maximum Gasteiger partial charge on any atom is 0.178 e. The zero-order chi connectivity index (χ0) is 12.8. The highest BCUT2D eigenvalue weighted by molar-refractivity contribution is 7.10. The number of nitrogens with zero attached hydrogens (tertiary/aromatic N) is 2. The zero-order valence-corrected chi connectivity index (χ0v) is 11.4. The van der Waals surface area contributed by atoms with E-state index in [4.69, 9.17) is 0 Å². The van der Waals surface area contributed by atoms with E-state index in [0.29, 0.717) is 0 Å². The summed E-state index contributed by atoms with van der Waals surface area (Å²) in [7, 11) is 0. The topological polar surface area (TPSA) is 53.6 Å². The number of hydrogen-bond acceptors (Lipinski definition) is 4. The smallest absolute Gasteiger partial charge is 0.178 e. The molecular weight excluding hydrogens is 256 g/mol. The third-order valence-electron chi connectivity index (χ3n) is 3.57. The van der Waals surface area contributed by atoms with Crippen LogP contribution in [0.3, 0.4) is 0 Å². The Morgan fingerprint density at radius 1 is 1.26 bits per heavy atom. The number of thiophene rings is 1. The van der Waals surface area contributed by atoms with Crippen LogP contribution in [0.2, 0.25) is 0 Å². The summed E-state index contributed by atoms with van der Waals surface area (Å²) in [5, 5.41) is 5.70. The Bertz CT molecular complexity index is 743. The second-order valence-corrected chi connectivity index (χ2v) is 5.88. The quantitative estimate of drug-likeness (QED) is 0.714. The van der Waals surface area contributed by atoms with E-state index in [1.807, 2.05) is 30.4 Å². The van der Waals surface area contributed by atoms with Crippen molar-refractivity contribution in [1.82, 2.24) is 20.3 Å². The van der Waals surface area contributed by atoms with Gasteiger partial charge in [-0.25, -0.2) is 9.97 Å². The number of pyridine rings is 1. The fourth-order valence-corrected chi connectivity index (χ4v) is 3.56. The van der Waals surface area contributed by atoms with E-state index in [9.17, 15) is 0 Å². The minimum absolute atomic E-state index is 0.171. The van der Waals surface area contributed by atoms with Crippen molar-refractivity contribution in [2.45, 2.75) is 19.4 Å². The summed E-state index contributed by atoms with van der Waals surface area (Å²) in [6.07, 6.45) is 1.11. The fourth-order valence-electron chi connectivity index (χ4n) is 2.64. The highest BCUT2D eigenvalue weighted by Gasteiger charge is 2.24. The van der Waals surface area contributed by atoms with Crippen LogP contribution in [0.1, 0.15) is 28.0 Å². The maximum atomic E-state index is 4.65. The van der Waals surface area contributed by atoms with Crippen LogP contribution in [-0.2, 0) is 6.42 Å². The second kappa shape index (κ2) is 4.15. The lowest BCUT2D eigenvalue weighted by atomic mass is 10.0. The third-order valence-corrected chi connectivity index (χ3v) is 4.56. The molecule has 2 N–H and O–H groups in total. The van der Waals surface area contributed by atoms with Gasteiger partial charge in [0.2, 0.25) is 0 Å². The molecule has 1 unspecified atom stereocenters. The normalized spacial score (nSPS) is 18.7. The number of fused-ring (bicyclic) bond motifs is 2. The van der Waals surface area contributed by atoms with Crippen molar-refractivity contribution in [3.8, 4) is 0 Å². The standard InChI is InChI=1S/C14H14N4S/c1-8-2-3-10-13(16-8)18-14(17-10)12-9-5-7-19-11(9)4-6-15-12/h2-3,5,7,12,15H,4,6H2,1H3,(H,16,17,18). The van der Waals surface area contributed by atoms with Crippen molar-refractivity contribution >= 4 is 22.5 Å². The van der Waals surface area contributed by atoms with E-state index >= 15 is 0 Å². The lowest BCUT2D eigenvalue weighted by molar-refractivity contribution is 0.555. The van der Waals surface area contributed by atoms with Gasteiger partial charge in [0, 0.05) is 17.1 Å². The first-order valence-corrected chi connectivity index (χ1v) is 7.32. The summed E-state index contributed by atoms with van der Waals surface area (Å²) >= 11 is 1.84. The molecule has 0 saturated heterocycles. The van der Waals surface area contributed by atoms with Crippen molar-refractivity contribution in [2.24, 2.45) is 0 Å². The molecule has 19 heavy (non-hydrogen) atoms. The lowest BCUT2D eigenvalue weighted by Gasteiger charge is -2.22. The van der Waals surface area contributed by atoms with Gasteiger partial charge in [-0.3, -0.25) is 0 Å². The Kier molecular flexibility index (Phi) is 2.43. The van der Waals surface area contributed by atoms with E-state index in [1.165, 1.54) is 10.4 Å². The molecule has 4 heterocycles. The first-order valence-electron chi connectivity index (χ1n) is 6.44. The molecular formula is C14H14N4S. The molecule has 5 heteroatoms. The average Bonchev–Trinajstić information content (AvgIpc) is 3.03. The van der Waals surface area contributed by atoms with Crippen LogP contribution >= 0.6 is 11.3 Å². The number of aryl methyl sites for hydroxylation is 1. The van der Waals surface area contributed by atoms with Crippen LogP contribution in [-0.4, -0.2) is 21.5 Å². The Labute approximate surface area is 114 Å². The SMILES string of the molecule is Cc1ccc2[nH]c(C3NCCc4sccc43)nc2n1. The number of imidazole rings is 1. The molecule has 0 fully saturated rings. The molecule has 4 rings (SSSR count). The van der Waals surface area contributed by atoms with E-state index in [-0.39, 0.29) is 6.04 Å². The van der Waals surface area contributed by atoms with Gasteiger partial charge in [0.15, 0.2) is 5.65 Å². The minimum Gasteiger partial charge on any atom is -0.339 e.